The quantitative estimate of drug-likeness (QED) is 0.0255. The van der Waals surface area contributed by atoms with Gasteiger partial charge in [-0.15, -0.1) is 0 Å². The highest BCUT2D eigenvalue weighted by molar-refractivity contribution is 6.04. The molecule has 0 saturated heterocycles. The Hall–Kier alpha value is -6.42. The van der Waals surface area contributed by atoms with Crippen molar-refractivity contribution in [1.29, 1.82) is 0 Å². The maximum atomic E-state index is 13.1. The second-order valence-corrected chi connectivity index (χ2v) is 17.3. The molecule has 68 heavy (non-hydrogen) atoms. The number of esters is 3. The van der Waals surface area contributed by atoms with Crippen molar-refractivity contribution in [3.63, 3.8) is 0 Å². The molecule has 5 aromatic rings. The molecule has 0 bridgehead atoms. The topological polar surface area (TPSA) is 126 Å². The van der Waals surface area contributed by atoms with Gasteiger partial charge < -0.3 is 29.0 Å². The highest BCUT2D eigenvalue weighted by Crippen LogP contribution is 2.23. The molecule has 0 aliphatic heterocycles. The fourth-order valence-corrected chi connectivity index (χ4v) is 7.60. The Balaban J connectivity index is 0.975. The van der Waals surface area contributed by atoms with E-state index in [-0.39, 0.29) is 22.4 Å². The van der Waals surface area contributed by atoms with Gasteiger partial charge in [-0.3, -0.25) is 4.79 Å². The van der Waals surface area contributed by atoms with E-state index >= 15 is 0 Å². The van der Waals surface area contributed by atoms with Gasteiger partial charge in [0.25, 0.3) is 5.91 Å². The molecule has 362 valence electrons. The maximum Gasteiger partial charge on any atom is 0.343 e. The number of carbonyl (C=O) groups excluding carboxylic acids is 4. The summed E-state index contributed by atoms with van der Waals surface area (Å²) in [5.74, 6) is 0.123. The maximum absolute atomic E-state index is 13.1. The molecular formula is C58H71NO9. The number of carbonyl (C=O) groups is 4. The van der Waals surface area contributed by atoms with E-state index in [0.29, 0.717) is 41.7 Å². The van der Waals surface area contributed by atoms with Crippen LogP contribution in [0.3, 0.4) is 0 Å². The van der Waals surface area contributed by atoms with Crippen LogP contribution in [0.5, 0.6) is 28.7 Å². The summed E-state index contributed by atoms with van der Waals surface area (Å²) in [6.07, 6.45) is 25.3. The molecule has 0 spiro atoms. The molecule has 0 atom stereocenters. The van der Waals surface area contributed by atoms with Crippen molar-refractivity contribution >= 4 is 29.5 Å². The van der Waals surface area contributed by atoms with Gasteiger partial charge >= 0.3 is 17.9 Å². The molecule has 10 nitrogen and oxygen atoms in total. The smallest absolute Gasteiger partial charge is 0.343 e. The predicted octanol–water partition coefficient (Wildman–Crippen LogP) is 15.2. The third-order valence-electron chi connectivity index (χ3n) is 11.6. The molecule has 5 rings (SSSR count). The Labute approximate surface area is 404 Å². The molecule has 0 aliphatic carbocycles. The molecule has 1 N–H and O–H groups in total. The summed E-state index contributed by atoms with van der Waals surface area (Å²) in [6.45, 7) is 5.79. The highest BCUT2D eigenvalue weighted by atomic mass is 16.5. The Bertz CT molecular complexity index is 2240. The van der Waals surface area contributed by atoms with Crippen molar-refractivity contribution in [2.45, 2.75) is 142 Å². The Kier molecular flexibility index (Phi) is 23.8. The zero-order valence-electron chi connectivity index (χ0n) is 40.3. The van der Waals surface area contributed by atoms with Crippen molar-refractivity contribution in [2.75, 3.05) is 18.5 Å². The molecule has 10 heteroatoms. The number of ether oxygens (including phenoxy) is 5. The summed E-state index contributed by atoms with van der Waals surface area (Å²) >= 11 is 0. The van der Waals surface area contributed by atoms with Gasteiger partial charge in [0.1, 0.15) is 28.7 Å². The molecule has 0 heterocycles. The van der Waals surface area contributed by atoms with E-state index in [9.17, 15) is 19.2 Å². The van der Waals surface area contributed by atoms with Gasteiger partial charge in [-0.2, -0.15) is 0 Å². The van der Waals surface area contributed by atoms with Gasteiger partial charge in [0.05, 0.1) is 29.9 Å². The Morgan fingerprint density at radius 1 is 0.353 bits per heavy atom. The standard InChI is InChI=1S/C58H71NO9/c1-3-5-7-9-11-13-15-17-19-21-42-64-50-34-30-47(31-35-50)57(62)66-52-36-32-49(33-37-52)59-55(60)48-24-23-25-54(44-48)68-58(63)46-28-26-45(27-29-46)56(61)67-53-40-38-51(39-41-53)65-43-22-20-18-16-14-12-10-8-6-4-2/h23-41,44H,3-22,42-43H2,1-2H3,(H,59,60). The summed E-state index contributed by atoms with van der Waals surface area (Å²) in [7, 11) is 0. The summed E-state index contributed by atoms with van der Waals surface area (Å²) in [4.78, 5) is 51.8. The molecular weight excluding hydrogens is 855 g/mol. The van der Waals surface area contributed by atoms with Crippen molar-refractivity contribution in [3.05, 3.63) is 144 Å². The van der Waals surface area contributed by atoms with E-state index in [0.717, 1.165) is 31.4 Å². The SMILES string of the molecule is CCCCCCCCCCCCOc1ccc(OC(=O)c2ccc(C(=O)Oc3cccc(C(=O)Nc4ccc(OC(=O)c5ccc(OCCCCCCCCCCCC)cc5)cc4)c3)cc2)cc1. The number of hydrogen-bond acceptors (Lipinski definition) is 9. The summed E-state index contributed by atoms with van der Waals surface area (Å²) in [5.41, 5.74) is 1.60. The molecule has 0 fully saturated rings. The fraction of sp³-hybridized carbons (Fsp3) is 0.414. The van der Waals surface area contributed by atoms with Gasteiger partial charge in [0, 0.05) is 11.3 Å². The minimum Gasteiger partial charge on any atom is -0.494 e. The van der Waals surface area contributed by atoms with E-state index in [4.69, 9.17) is 23.7 Å². The Morgan fingerprint density at radius 2 is 0.691 bits per heavy atom. The lowest BCUT2D eigenvalue weighted by atomic mass is 10.1. The summed E-state index contributed by atoms with van der Waals surface area (Å²) in [6, 6.07) is 32.5. The average Bonchev–Trinajstić information content (AvgIpc) is 3.36. The van der Waals surface area contributed by atoms with Gasteiger partial charge in [0.15, 0.2) is 0 Å². The molecule has 5 aromatic carbocycles. The third-order valence-corrected chi connectivity index (χ3v) is 11.6. The first-order valence-corrected chi connectivity index (χ1v) is 25.0. The highest BCUT2D eigenvalue weighted by Gasteiger charge is 2.15. The third kappa shape index (κ3) is 19.8. The number of unbranched alkanes of at least 4 members (excludes halogenated alkanes) is 18. The Morgan fingerprint density at radius 3 is 1.12 bits per heavy atom. The number of hydrogen-bond donors (Lipinski definition) is 1. The van der Waals surface area contributed by atoms with Gasteiger partial charge in [-0.05, 0) is 128 Å². The lowest BCUT2D eigenvalue weighted by molar-refractivity contribution is 0.0720. The van der Waals surface area contributed by atoms with Crippen molar-refractivity contribution < 1.29 is 42.9 Å². The van der Waals surface area contributed by atoms with Crippen LogP contribution in [0.15, 0.2) is 121 Å². The molecule has 0 radical (unpaired) electrons. The van der Waals surface area contributed by atoms with Gasteiger partial charge in [-0.1, -0.05) is 135 Å². The minimum absolute atomic E-state index is 0.165. The number of nitrogens with one attached hydrogen (secondary N) is 1. The van der Waals surface area contributed by atoms with Crippen LogP contribution in [-0.4, -0.2) is 37.0 Å². The zero-order valence-corrected chi connectivity index (χ0v) is 40.3. The first kappa shape index (κ1) is 52.5. The second kappa shape index (κ2) is 30.8. The van der Waals surface area contributed by atoms with E-state index in [2.05, 4.69) is 19.2 Å². The lowest BCUT2D eigenvalue weighted by Gasteiger charge is -2.10. The van der Waals surface area contributed by atoms with E-state index < -0.39 is 23.8 Å². The lowest BCUT2D eigenvalue weighted by Crippen LogP contribution is -2.13. The van der Waals surface area contributed by atoms with Gasteiger partial charge in [0.2, 0.25) is 0 Å². The first-order valence-electron chi connectivity index (χ1n) is 25.0. The van der Waals surface area contributed by atoms with Crippen LogP contribution in [0.4, 0.5) is 5.69 Å². The van der Waals surface area contributed by atoms with Crippen LogP contribution < -0.4 is 29.0 Å². The van der Waals surface area contributed by atoms with Crippen LogP contribution in [0.1, 0.15) is 184 Å². The minimum atomic E-state index is -0.662. The molecule has 0 aliphatic rings. The van der Waals surface area contributed by atoms with E-state index in [1.165, 1.54) is 133 Å². The molecule has 0 saturated carbocycles. The van der Waals surface area contributed by atoms with Crippen molar-refractivity contribution in [3.8, 4) is 28.7 Å². The van der Waals surface area contributed by atoms with Gasteiger partial charge in [-0.25, -0.2) is 14.4 Å². The first-order chi connectivity index (χ1) is 33.3. The van der Waals surface area contributed by atoms with Crippen LogP contribution >= 0.6 is 0 Å². The zero-order chi connectivity index (χ0) is 48.0. The van der Waals surface area contributed by atoms with E-state index in [1.807, 2.05) is 0 Å². The average molecular weight is 926 g/mol. The monoisotopic (exact) mass is 926 g/mol. The number of rotatable bonds is 32. The summed E-state index contributed by atoms with van der Waals surface area (Å²) in [5, 5.41) is 2.81. The number of amides is 1. The normalized spacial score (nSPS) is 10.9. The molecule has 0 unspecified atom stereocenters. The van der Waals surface area contributed by atoms with Crippen LogP contribution in [0.2, 0.25) is 0 Å². The van der Waals surface area contributed by atoms with Crippen LogP contribution in [0.25, 0.3) is 0 Å². The predicted molar refractivity (Wildman–Crippen MR) is 270 cm³/mol. The van der Waals surface area contributed by atoms with Crippen LogP contribution in [0, 0.1) is 0 Å². The van der Waals surface area contributed by atoms with Crippen molar-refractivity contribution in [1.82, 2.24) is 0 Å². The van der Waals surface area contributed by atoms with Crippen LogP contribution in [-0.2, 0) is 0 Å². The van der Waals surface area contributed by atoms with Crippen molar-refractivity contribution in [2.24, 2.45) is 0 Å². The summed E-state index contributed by atoms with van der Waals surface area (Å²) < 4.78 is 28.4. The molecule has 0 aromatic heterocycles. The number of anilines is 1. The number of benzene rings is 5. The fourth-order valence-electron chi connectivity index (χ4n) is 7.60. The molecule has 1 amide bonds. The second-order valence-electron chi connectivity index (χ2n) is 17.3. The largest absolute Gasteiger partial charge is 0.494 e. The van der Waals surface area contributed by atoms with E-state index in [1.54, 1.807) is 91.0 Å².